The summed E-state index contributed by atoms with van der Waals surface area (Å²) in [7, 11) is -1.06. The molecule has 0 amide bonds. The minimum absolute atomic E-state index is 0.494. The highest BCUT2D eigenvalue weighted by Gasteiger charge is 2.18. The van der Waals surface area contributed by atoms with Crippen LogP contribution in [0.3, 0.4) is 0 Å². The Morgan fingerprint density at radius 1 is 1.41 bits per heavy atom. The van der Waals surface area contributed by atoms with Gasteiger partial charge in [0.2, 0.25) is 5.16 Å². The number of hydrogen-bond donors (Lipinski definition) is 1. The first-order valence-electron chi connectivity index (χ1n) is 6.06. The molecule has 1 fully saturated rings. The second kappa shape index (κ2) is 5.69. The van der Waals surface area contributed by atoms with Gasteiger partial charge in [-0.3, -0.25) is 4.21 Å². The van der Waals surface area contributed by atoms with Gasteiger partial charge in [-0.25, -0.2) is 9.97 Å². The fourth-order valence-electron chi connectivity index (χ4n) is 2.15. The summed E-state index contributed by atoms with van der Waals surface area (Å²) < 4.78 is 12.2. The Morgan fingerprint density at radius 3 is 2.71 bits per heavy atom. The summed E-state index contributed by atoms with van der Waals surface area (Å²) in [6, 6.07) is 1.91. The molecule has 0 saturated carbocycles. The topological polar surface area (TPSA) is 54.9 Å². The molecule has 1 aromatic heterocycles. The maximum Gasteiger partial charge on any atom is 0.218 e. The van der Waals surface area contributed by atoms with Crippen LogP contribution < -0.4 is 5.32 Å². The Bertz CT molecular complexity index is 396. The van der Waals surface area contributed by atoms with Gasteiger partial charge in [-0.05, 0) is 51.8 Å². The minimum atomic E-state index is -1.06. The molecular weight excluding hydrogens is 234 g/mol. The Morgan fingerprint density at radius 2 is 2.12 bits per heavy atom. The largest absolute Gasteiger partial charge is 0.316 e. The normalized spacial score (nSPS) is 22.4. The predicted molar refractivity (Wildman–Crippen MR) is 68.4 cm³/mol. The average Bonchev–Trinajstić information content (AvgIpc) is 2.29. The van der Waals surface area contributed by atoms with Crippen LogP contribution in [0.5, 0.6) is 0 Å². The van der Waals surface area contributed by atoms with Crippen LogP contribution in [0.2, 0.25) is 0 Å². The van der Waals surface area contributed by atoms with Crippen molar-refractivity contribution in [2.24, 2.45) is 5.92 Å². The second-order valence-electron chi connectivity index (χ2n) is 4.66. The van der Waals surface area contributed by atoms with Crippen molar-refractivity contribution in [2.75, 3.05) is 18.8 Å². The minimum Gasteiger partial charge on any atom is -0.316 e. The Hall–Kier alpha value is -0.810. The van der Waals surface area contributed by atoms with Gasteiger partial charge in [-0.2, -0.15) is 0 Å². The molecule has 94 valence electrons. The highest BCUT2D eigenvalue weighted by atomic mass is 32.2. The van der Waals surface area contributed by atoms with Crippen LogP contribution in [-0.2, 0) is 10.8 Å². The molecule has 2 rings (SSSR count). The van der Waals surface area contributed by atoms with Crippen LogP contribution in [0.25, 0.3) is 0 Å². The molecule has 0 bridgehead atoms. The molecule has 5 heteroatoms. The van der Waals surface area contributed by atoms with Gasteiger partial charge in [-0.15, -0.1) is 0 Å². The maximum absolute atomic E-state index is 12.2. The number of piperidine rings is 1. The molecule has 0 radical (unpaired) electrons. The zero-order valence-electron chi connectivity index (χ0n) is 10.4. The van der Waals surface area contributed by atoms with Gasteiger partial charge in [-0.1, -0.05) is 0 Å². The summed E-state index contributed by atoms with van der Waals surface area (Å²) >= 11 is 0. The lowest BCUT2D eigenvalue weighted by Gasteiger charge is -2.21. The summed E-state index contributed by atoms with van der Waals surface area (Å²) in [6.45, 7) is 5.88. The zero-order chi connectivity index (χ0) is 12.3. The van der Waals surface area contributed by atoms with Crippen LogP contribution >= 0.6 is 0 Å². The highest BCUT2D eigenvalue weighted by molar-refractivity contribution is 7.84. The van der Waals surface area contributed by atoms with E-state index in [9.17, 15) is 4.21 Å². The van der Waals surface area contributed by atoms with Crippen molar-refractivity contribution < 1.29 is 4.21 Å². The standard InChI is InChI=1S/C12H19N3OS/c1-9-6-10(2)15-12(14-9)17(16)8-11-4-3-5-13-7-11/h6,11,13H,3-5,7-8H2,1-2H3. The lowest BCUT2D eigenvalue weighted by Crippen LogP contribution is -2.32. The van der Waals surface area contributed by atoms with E-state index in [1.807, 2.05) is 19.9 Å². The summed E-state index contributed by atoms with van der Waals surface area (Å²) in [4.78, 5) is 8.54. The number of nitrogens with one attached hydrogen (secondary N) is 1. The van der Waals surface area contributed by atoms with Gasteiger partial charge in [0.05, 0.1) is 10.8 Å². The third kappa shape index (κ3) is 3.57. The van der Waals surface area contributed by atoms with E-state index in [1.165, 1.54) is 6.42 Å². The Kier molecular flexibility index (Phi) is 4.23. The van der Waals surface area contributed by atoms with E-state index in [1.54, 1.807) is 0 Å². The van der Waals surface area contributed by atoms with E-state index in [4.69, 9.17) is 0 Å². The molecule has 0 aromatic carbocycles. The zero-order valence-corrected chi connectivity index (χ0v) is 11.2. The number of aromatic nitrogens is 2. The molecule has 1 aliphatic rings. The molecular formula is C12H19N3OS. The summed E-state index contributed by atoms with van der Waals surface area (Å²) in [5, 5.41) is 3.83. The Balaban J connectivity index is 2.03. The molecule has 2 atom stereocenters. The summed E-state index contributed by atoms with van der Waals surface area (Å²) in [5.74, 6) is 1.17. The van der Waals surface area contributed by atoms with E-state index in [0.29, 0.717) is 16.8 Å². The van der Waals surface area contributed by atoms with Gasteiger partial charge in [0.15, 0.2) is 0 Å². The van der Waals surface area contributed by atoms with Crippen molar-refractivity contribution in [3.63, 3.8) is 0 Å². The molecule has 1 aliphatic heterocycles. The van der Waals surface area contributed by atoms with E-state index >= 15 is 0 Å². The predicted octanol–water partition coefficient (Wildman–Crippen LogP) is 1.20. The van der Waals surface area contributed by atoms with Gasteiger partial charge in [0.25, 0.3) is 0 Å². The highest BCUT2D eigenvalue weighted by Crippen LogP contribution is 2.14. The van der Waals surface area contributed by atoms with Crippen molar-refractivity contribution in [2.45, 2.75) is 31.8 Å². The van der Waals surface area contributed by atoms with Crippen LogP contribution in [0.15, 0.2) is 11.2 Å². The Labute approximate surface area is 105 Å². The lowest BCUT2D eigenvalue weighted by atomic mass is 10.0. The molecule has 4 nitrogen and oxygen atoms in total. The molecule has 2 heterocycles. The van der Waals surface area contributed by atoms with E-state index in [0.717, 1.165) is 30.9 Å². The van der Waals surface area contributed by atoms with Crippen LogP contribution in [0.1, 0.15) is 24.2 Å². The maximum atomic E-state index is 12.2. The average molecular weight is 253 g/mol. The first-order chi connectivity index (χ1) is 8.15. The van der Waals surface area contributed by atoms with Crippen molar-refractivity contribution in [3.05, 3.63) is 17.5 Å². The number of hydrogen-bond acceptors (Lipinski definition) is 4. The number of rotatable bonds is 3. The lowest BCUT2D eigenvalue weighted by molar-refractivity contribution is 0.407. The molecule has 1 saturated heterocycles. The first kappa shape index (κ1) is 12.6. The fraction of sp³-hybridized carbons (Fsp3) is 0.667. The fourth-order valence-corrected chi connectivity index (χ4v) is 3.50. The van der Waals surface area contributed by atoms with E-state index in [-0.39, 0.29) is 0 Å². The molecule has 0 aliphatic carbocycles. The molecule has 17 heavy (non-hydrogen) atoms. The quantitative estimate of drug-likeness (QED) is 0.822. The monoisotopic (exact) mass is 253 g/mol. The molecule has 0 spiro atoms. The van der Waals surface area contributed by atoms with E-state index < -0.39 is 10.8 Å². The summed E-state index contributed by atoms with van der Waals surface area (Å²) in [6.07, 6.45) is 2.33. The molecule has 1 N–H and O–H groups in total. The van der Waals surface area contributed by atoms with Crippen molar-refractivity contribution in [1.29, 1.82) is 0 Å². The summed E-state index contributed by atoms with van der Waals surface area (Å²) in [5.41, 5.74) is 1.78. The number of nitrogens with zero attached hydrogens (tertiary/aromatic N) is 2. The van der Waals surface area contributed by atoms with Crippen molar-refractivity contribution in [3.8, 4) is 0 Å². The van der Waals surface area contributed by atoms with Gasteiger partial charge >= 0.3 is 0 Å². The third-order valence-corrected chi connectivity index (χ3v) is 4.32. The van der Waals surface area contributed by atoms with Crippen molar-refractivity contribution in [1.82, 2.24) is 15.3 Å². The van der Waals surface area contributed by atoms with E-state index in [2.05, 4.69) is 15.3 Å². The third-order valence-electron chi connectivity index (χ3n) is 2.95. The van der Waals surface area contributed by atoms with Crippen LogP contribution in [0.4, 0.5) is 0 Å². The van der Waals surface area contributed by atoms with Crippen molar-refractivity contribution >= 4 is 10.8 Å². The molecule has 2 unspecified atom stereocenters. The number of aryl methyl sites for hydroxylation is 2. The molecule has 1 aromatic rings. The first-order valence-corrected chi connectivity index (χ1v) is 7.38. The smallest absolute Gasteiger partial charge is 0.218 e. The second-order valence-corrected chi connectivity index (χ2v) is 6.05. The van der Waals surface area contributed by atoms with Gasteiger partial charge in [0, 0.05) is 17.1 Å². The van der Waals surface area contributed by atoms with Crippen LogP contribution in [0, 0.1) is 19.8 Å². The van der Waals surface area contributed by atoms with Gasteiger partial charge in [0.1, 0.15) is 0 Å². The van der Waals surface area contributed by atoms with Crippen LogP contribution in [-0.4, -0.2) is 33.0 Å². The SMILES string of the molecule is Cc1cc(C)nc(S(=O)CC2CCCNC2)n1. The van der Waals surface area contributed by atoms with Gasteiger partial charge < -0.3 is 5.32 Å².